The van der Waals surface area contributed by atoms with Crippen LogP contribution < -0.4 is 0 Å². The molecule has 1 atom stereocenters. The molecule has 1 aromatic carbocycles. The summed E-state index contributed by atoms with van der Waals surface area (Å²) >= 11 is 5.73. The summed E-state index contributed by atoms with van der Waals surface area (Å²) in [6.07, 6.45) is 5.40. The van der Waals surface area contributed by atoms with Crippen molar-refractivity contribution in [2.75, 3.05) is 6.54 Å². The number of likely N-dealkylation sites (tertiary alicyclic amines) is 1. The first kappa shape index (κ1) is 14.1. The summed E-state index contributed by atoms with van der Waals surface area (Å²) in [5.74, 6) is -0.851. The van der Waals surface area contributed by atoms with Crippen LogP contribution in [0.4, 0.5) is 4.39 Å². The smallest absolute Gasteiger partial charge is 0.257 e. The van der Waals surface area contributed by atoms with Gasteiger partial charge in [-0.25, -0.2) is 4.39 Å². The van der Waals surface area contributed by atoms with E-state index in [1.807, 2.05) is 12.3 Å². The van der Waals surface area contributed by atoms with E-state index in [1.165, 1.54) is 18.2 Å². The summed E-state index contributed by atoms with van der Waals surface area (Å²) in [5.41, 5.74) is 0.0757. The second-order valence-electron chi connectivity index (χ2n) is 5.15. The Labute approximate surface area is 127 Å². The third kappa shape index (κ3) is 2.93. The van der Waals surface area contributed by atoms with Gasteiger partial charge in [0.15, 0.2) is 0 Å². The fourth-order valence-electron chi connectivity index (χ4n) is 2.73. The lowest BCUT2D eigenvalue weighted by molar-refractivity contribution is 0.0717. The maximum atomic E-state index is 13.9. The molecule has 0 aliphatic carbocycles. The minimum absolute atomic E-state index is 0.0486. The molecular weight excluding hydrogens is 293 g/mol. The normalized spacial score (nSPS) is 18.2. The summed E-state index contributed by atoms with van der Waals surface area (Å²) in [7, 11) is 0. The van der Waals surface area contributed by atoms with E-state index in [0.29, 0.717) is 18.1 Å². The second-order valence-corrected chi connectivity index (χ2v) is 5.58. The number of halogens is 2. The molecule has 2 aromatic rings. The molecule has 1 fully saturated rings. The molecule has 6 heteroatoms. The highest BCUT2D eigenvalue weighted by atomic mass is 35.5. The molecule has 4 nitrogen and oxygen atoms in total. The van der Waals surface area contributed by atoms with Gasteiger partial charge in [-0.2, -0.15) is 5.10 Å². The van der Waals surface area contributed by atoms with Crippen molar-refractivity contribution in [1.82, 2.24) is 14.7 Å². The van der Waals surface area contributed by atoms with Crippen LogP contribution in [0.1, 0.15) is 23.2 Å². The number of nitrogens with zero attached hydrogens (tertiary/aromatic N) is 3. The lowest BCUT2D eigenvalue weighted by atomic mass is 10.1. The Kier molecular flexibility index (Phi) is 3.92. The minimum Gasteiger partial charge on any atom is -0.334 e. The molecule has 1 aliphatic rings. The van der Waals surface area contributed by atoms with Crippen LogP contribution in [0.5, 0.6) is 0 Å². The van der Waals surface area contributed by atoms with Crippen molar-refractivity contribution in [3.05, 3.63) is 53.1 Å². The third-order valence-electron chi connectivity index (χ3n) is 3.76. The second kappa shape index (κ2) is 5.85. The van der Waals surface area contributed by atoms with Crippen LogP contribution in [0.25, 0.3) is 0 Å². The molecule has 0 spiro atoms. The van der Waals surface area contributed by atoms with Crippen molar-refractivity contribution in [3.8, 4) is 0 Å². The monoisotopic (exact) mass is 307 g/mol. The van der Waals surface area contributed by atoms with Crippen molar-refractivity contribution in [2.24, 2.45) is 0 Å². The Morgan fingerprint density at radius 1 is 1.48 bits per heavy atom. The predicted molar refractivity (Wildman–Crippen MR) is 77.7 cm³/mol. The van der Waals surface area contributed by atoms with Gasteiger partial charge in [-0.1, -0.05) is 11.6 Å². The number of rotatable bonds is 3. The molecule has 0 bridgehead atoms. The molecule has 1 saturated heterocycles. The molecule has 2 heterocycles. The quantitative estimate of drug-likeness (QED) is 0.874. The lowest BCUT2D eigenvalue weighted by Crippen LogP contribution is -2.38. The van der Waals surface area contributed by atoms with E-state index >= 15 is 0 Å². The SMILES string of the molecule is O=C(c1ccc(Cl)cc1F)N1CCC[C@@H]1Cn1cccn1. The zero-order valence-electron chi connectivity index (χ0n) is 11.4. The van der Waals surface area contributed by atoms with Crippen LogP contribution in [0, 0.1) is 5.82 Å². The van der Waals surface area contributed by atoms with Gasteiger partial charge in [-0.3, -0.25) is 9.48 Å². The van der Waals surface area contributed by atoms with Gasteiger partial charge in [0, 0.05) is 24.0 Å². The summed E-state index contributed by atoms with van der Waals surface area (Å²) < 4.78 is 15.7. The first-order valence-electron chi connectivity index (χ1n) is 6.88. The number of carbonyl (C=O) groups is 1. The molecule has 1 aliphatic heterocycles. The molecule has 110 valence electrons. The van der Waals surface area contributed by atoms with Gasteiger partial charge in [-0.15, -0.1) is 0 Å². The van der Waals surface area contributed by atoms with Gasteiger partial charge in [0.1, 0.15) is 5.82 Å². The Balaban J connectivity index is 1.79. The predicted octanol–water partition coefficient (Wildman–Crippen LogP) is 2.98. The van der Waals surface area contributed by atoms with Crippen molar-refractivity contribution >= 4 is 17.5 Å². The van der Waals surface area contributed by atoms with E-state index in [0.717, 1.165) is 12.8 Å². The average Bonchev–Trinajstić information content (AvgIpc) is 3.10. The topological polar surface area (TPSA) is 38.1 Å². The van der Waals surface area contributed by atoms with E-state index in [9.17, 15) is 9.18 Å². The molecular formula is C15H15ClFN3O. The first-order chi connectivity index (χ1) is 10.1. The van der Waals surface area contributed by atoms with Crippen LogP contribution >= 0.6 is 11.6 Å². The highest BCUT2D eigenvalue weighted by Gasteiger charge is 2.31. The van der Waals surface area contributed by atoms with Gasteiger partial charge in [0.25, 0.3) is 5.91 Å². The van der Waals surface area contributed by atoms with Gasteiger partial charge >= 0.3 is 0 Å². The molecule has 0 N–H and O–H groups in total. The van der Waals surface area contributed by atoms with Gasteiger partial charge in [-0.05, 0) is 37.1 Å². The Morgan fingerprint density at radius 2 is 2.33 bits per heavy atom. The van der Waals surface area contributed by atoms with Crippen LogP contribution in [-0.2, 0) is 6.54 Å². The van der Waals surface area contributed by atoms with Gasteiger partial charge in [0.05, 0.1) is 18.2 Å². The van der Waals surface area contributed by atoms with Crippen molar-refractivity contribution < 1.29 is 9.18 Å². The summed E-state index contributed by atoms with van der Waals surface area (Å²) in [4.78, 5) is 14.3. The van der Waals surface area contributed by atoms with Crippen molar-refractivity contribution in [1.29, 1.82) is 0 Å². The number of carbonyl (C=O) groups excluding carboxylic acids is 1. The maximum absolute atomic E-state index is 13.9. The standard InChI is InChI=1S/C15H15ClFN3O/c16-11-4-5-13(14(17)9-11)15(21)20-8-1-3-12(20)10-19-7-2-6-18-19/h2,4-7,9,12H,1,3,8,10H2/t12-/m1/s1. The van der Waals surface area contributed by atoms with Crippen LogP contribution in [0.15, 0.2) is 36.7 Å². The molecule has 1 aromatic heterocycles. The maximum Gasteiger partial charge on any atom is 0.257 e. The molecule has 0 unspecified atom stereocenters. The van der Waals surface area contributed by atoms with Crippen LogP contribution in [-0.4, -0.2) is 33.2 Å². The van der Waals surface area contributed by atoms with Gasteiger partial charge in [0.2, 0.25) is 0 Å². The van der Waals surface area contributed by atoms with E-state index < -0.39 is 5.82 Å². The molecule has 1 amide bonds. The molecule has 21 heavy (non-hydrogen) atoms. The number of hydrogen-bond donors (Lipinski definition) is 0. The number of hydrogen-bond acceptors (Lipinski definition) is 2. The third-order valence-corrected chi connectivity index (χ3v) is 3.99. The largest absolute Gasteiger partial charge is 0.334 e. The van der Waals surface area contributed by atoms with Gasteiger partial charge < -0.3 is 4.90 Å². The van der Waals surface area contributed by atoms with Crippen LogP contribution in [0.3, 0.4) is 0 Å². The fraction of sp³-hybridized carbons (Fsp3) is 0.333. The van der Waals surface area contributed by atoms with E-state index in [-0.39, 0.29) is 17.5 Å². The average molecular weight is 308 g/mol. The summed E-state index contributed by atoms with van der Waals surface area (Å²) in [6, 6.07) is 6.06. The van der Waals surface area contributed by atoms with E-state index in [4.69, 9.17) is 11.6 Å². The lowest BCUT2D eigenvalue weighted by Gasteiger charge is -2.25. The zero-order chi connectivity index (χ0) is 14.8. The summed E-state index contributed by atoms with van der Waals surface area (Å²) in [6.45, 7) is 1.28. The molecule has 0 saturated carbocycles. The number of benzene rings is 1. The highest BCUT2D eigenvalue weighted by Crippen LogP contribution is 2.23. The number of amides is 1. The summed E-state index contributed by atoms with van der Waals surface area (Å²) in [5, 5.41) is 4.45. The molecule has 3 rings (SSSR count). The Morgan fingerprint density at radius 3 is 3.05 bits per heavy atom. The Hall–Kier alpha value is -1.88. The zero-order valence-corrected chi connectivity index (χ0v) is 12.1. The Bertz CT molecular complexity index is 644. The fourth-order valence-corrected chi connectivity index (χ4v) is 2.89. The number of aromatic nitrogens is 2. The van der Waals surface area contributed by atoms with E-state index in [2.05, 4.69) is 5.10 Å². The van der Waals surface area contributed by atoms with E-state index in [1.54, 1.807) is 15.8 Å². The van der Waals surface area contributed by atoms with Crippen LogP contribution in [0.2, 0.25) is 5.02 Å². The highest BCUT2D eigenvalue weighted by molar-refractivity contribution is 6.30. The van der Waals surface area contributed by atoms with Crippen molar-refractivity contribution in [2.45, 2.75) is 25.4 Å². The van der Waals surface area contributed by atoms with Crippen molar-refractivity contribution in [3.63, 3.8) is 0 Å². The first-order valence-corrected chi connectivity index (χ1v) is 7.26. The molecule has 0 radical (unpaired) electrons. The minimum atomic E-state index is -0.572.